The van der Waals surface area contributed by atoms with E-state index in [0.717, 1.165) is 11.8 Å². The summed E-state index contributed by atoms with van der Waals surface area (Å²) in [7, 11) is 0. The Morgan fingerprint density at radius 2 is 1.92 bits per heavy atom. The largest absolute Gasteiger partial charge is 0.504 e. The Balaban J connectivity index is 1.88. The minimum absolute atomic E-state index is 0.224. The van der Waals surface area contributed by atoms with E-state index in [1.165, 1.54) is 12.1 Å². The third kappa shape index (κ3) is 3.51. The molecule has 5 nitrogen and oxygen atoms in total. The van der Waals surface area contributed by atoms with Crippen LogP contribution in [0.2, 0.25) is 10.0 Å². The fourth-order valence-corrected chi connectivity index (χ4v) is 3.12. The molecule has 1 aliphatic heterocycles. The van der Waals surface area contributed by atoms with Crippen molar-refractivity contribution in [3.05, 3.63) is 56.9 Å². The molecule has 24 heavy (non-hydrogen) atoms. The van der Waals surface area contributed by atoms with Gasteiger partial charge in [-0.2, -0.15) is 0 Å². The van der Waals surface area contributed by atoms with E-state index in [1.807, 2.05) is 0 Å². The average Bonchev–Trinajstić information content (AvgIpc) is 2.87. The molecule has 0 atom stereocenters. The number of amides is 1. The predicted molar refractivity (Wildman–Crippen MR) is 97.0 cm³/mol. The van der Waals surface area contributed by atoms with Gasteiger partial charge in [-0.15, -0.1) is 0 Å². The summed E-state index contributed by atoms with van der Waals surface area (Å²) in [6.45, 7) is 0. The van der Waals surface area contributed by atoms with Crippen LogP contribution in [0, 0.1) is 0 Å². The van der Waals surface area contributed by atoms with E-state index in [1.54, 1.807) is 30.3 Å². The van der Waals surface area contributed by atoms with Crippen LogP contribution in [0.4, 0.5) is 5.69 Å². The summed E-state index contributed by atoms with van der Waals surface area (Å²) < 4.78 is 0. The summed E-state index contributed by atoms with van der Waals surface area (Å²) in [6.07, 6.45) is 1.58. The third-order valence-corrected chi connectivity index (χ3v) is 4.82. The molecule has 0 saturated carbocycles. The lowest BCUT2D eigenvalue weighted by Crippen LogP contribution is -2.19. The van der Waals surface area contributed by atoms with Gasteiger partial charge in [0.05, 0.1) is 20.6 Å². The van der Waals surface area contributed by atoms with Crippen LogP contribution < -0.4 is 5.32 Å². The number of thioether (sulfide) groups is 1. The smallest absolute Gasteiger partial charge is 0.264 e. The standard InChI is InChI=1S/C16H10Cl2N2O3S/c17-9-2-1-3-10(14(9)18)19-16-20-15(23)13(24-16)7-8-4-5-11(21)12(22)6-8/h1-7,21-22H,(H,19,20,23). The summed E-state index contributed by atoms with van der Waals surface area (Å²) in [4.78, 5) is 16.7. The SMILES string of the molecule is O=C1NC(=Nc2cccc(Cl)c2Cl)SC1=Cc1ccc(O)c(O)c1. The third-order valence-electron chi connectivity index (χ3n) is 3.10. The summed E-state index contributed by atoms with van der Waals surface area (Å²) in [6, 6.07) is 9.34. The van der Waals surface area contributed by atoms with Crippen LogP contribution in [0.1, 0.15) is 5.56 Å². The molecule has 0 bridgehead atoms. The second-order valence-electron chi connectivity index (χ2n) is 4.80. The van der Waals surface area contributed by atoms with Crippen LogP contribution in [-0.2, 0) is 4.79 Å². The molecule has 2 aromatic rings. The molecule has 0 spiro atoms. The Bertz CT molecular complexity index is 897. The molecule has 122 valence electrons. The van der Waals surface area contributed by atoms with E-state index in [9.17, 15) is 15.0 Å². The van der Waals surface area contributed by atoms with Crippen LogP contribution in [0.5, 0.6) is 11.5 Å². The average molecular weight is 381 g/mol. The number of aromatic hydroxyl groups is 2. The summed E-state index contributed by atoms with van der Waals surface area (Å²) >= 11 is 13.2. The lowest BCUT2D eigenvalue weighted by atomic mass is 10.2. The molecule has 0 aliphatic carbocycles. The number of phenolic OH excluding ortho intramolecular Hbond substituents is 2. The number of nitrogens with zero attached hydrogens (tertiary/aromatic N) is 1. The van der Waals surface area contributed by atoms with E-state index in [0.29, 0.717) is 31.4 Å². The van der Waals surface area contributed by atoms with Gasteiger partial charge in [-0.05, 0) is 47.7 Å². The lowest BCUT2D eigenvalue weighted by Gasteiger charge is -2.01. The van der Waals surface area contributed by atoms with Crippen molar-refractivity contribution >= 4 is 57.8 Å². The first-order valence-corrected chi connectivity index (χ1v) is 8.27. The van der Waals surface area contributed by atoms with Crippen molar-refractivity contribution in [3.8, 4) is 11.5 Å². The number of halogens is 2. The van der Waals surface area contributed by atoms with Crippen LogP contribution >= 0.6 is 35.0 Å². The second kappa shape index (κ2) is 6.76. The lowest BCUT2D eigenvalue weighted by molar-refractivity contribution is -0.115. The van der Waals surface area contributed by atoms with Gasteiger partial charge >= 0.3 is 0 Å². The van der Waals surface area contributed by atoms with Gasteiger partial charge in [-0.25, -0.2) is 4.99 Å². The molecular weight excluding hydrogens is 371 g/mol. The van der Waals surface area contributed by atoms with Crippen LogP contribution in [0.3, 0.4) is 0 Å². The number of hydrogen-bond acceptors (Lipinski definition) is 5. The number of carbonyl (C=O) groups excluding carboxylic acids is 1. The van der Waals surface area contributed by atoms with Crippen molar-refractivity contribution in [3.63, 3.8) is 0 Å². The van der Waals surface area contributed by atoms with Crippen LogP contribution in [-0.4, -0.2) is 21.3 Å². The number of benzene rings is 2. The Morgan fingerprint density at radius 1 is 1.12 bits per heavy atom. The maximum Gasteiger partial charge on any atom is 0.264 e. The van der Waals surface area contributed by atoms with E-state index in [4.69, 9.17) is 23.2 Å². The van der Waals surface area contributed by atoms with E-state index < -0.39 is 0 Å². The maximum atomic E-state index is 12.0. The highest BCUT2D eigenvalue weighted by Gasteiger charge is 2.24. The highest BCUT2D eigenvalue weighted by atomic mass is 35.5. The molecule has 1 amide bonds. The molecule has 3 N–H and O–H groups in total. The zero-order valence-electron chi connectivity index (χ0n) is 12.0. The fraction of sp³-hybridized carbons (Fsp3) is 0. The molecule has 0 unspecified atom stereocenters. The minimum Gasteiger partial charge on any atom is -0.504 e. The Labute approximate surface area is 151 Å². The zero-order valence-corrected chi connectivity index (χ0v) is 14.3. The van der Waals surface area contributed by atoms with E-state index in [-0.39, 0.29) is 17.4 Å². The first-order chi connectivity index (χ1) is 11.4. The molecular formula is C16H10Cl2N2O3S. The van der Waals surface area contributed by atoms with Crippen molar-refractivity contribution in [2.24, 2.45) is 4.99 Å². The normalized spacial score (nSPS) is 17.5. The quantitative estimate of drug-likeness (QED) is 0.535. The summed E-state index contributed by atoms with van der Waals surface area (Å²) in [5.74, 6) is -0.796. The predicted octanol–water partition coefficient (Wildman–Crippen LogP) is 4.30. The summed E-state index contributed by atoms with van der Waals surface area (Å²) in [5, 5.41) is 22.5. The Morgan fingerprint density at radius 3 is 2.67 bits per heavy atom. The number of aliphatic imine (C=N–C) groups is 1. The van der Waals surface area contributed by atoms with Gasteiger partial charge in [0.25, 0.3) is 5.91 Å². The summed E-state index contributed by atoms with van der Waals surface area (Å²) in [5.41, 5.74) is 1.03. The van der Waals surface area contributed by atoms with Gasteiger partial charge in [0, 0.05) is 0 Å². The molecule has 2 aromatic carbocycles. The number of phenols is 2. The highest BCUT2D eigenvalue weighted by molar-refractivity contribution is 8.18. The molecule has 1 saturated heterocycles. The van der Waals surface area contributed by atoms with Crippen LogP contribution in [0.25, 0.3) is 6.08 Å². The Kier molecular flexibility index (Phi) is 4.71. The molecule has 1 aliphatic rings. The number of amidine groups is 1. The highest BCUT2D eigenvalue weighted by Crippen LogP contribution is 2.35. The first kappa shape index (κ1) is 16.7. The van der Waals surface area contributed by atoms with Crippen LogP contribution in [0.15, 0.2) is 46.3 Å². The molecule has 8 heteroatoms. The van der Waals surface area contributed by atoms with Gasteiger partial charge in [0.1, 0.15) is 0 Å². The number of nitrogens with one attached hydrogen (secondary N) is 1. The molecule has 3 rings (SSSR count). The molecule has 0 radical (unpaired) electrons. The van der Waals surface area contributed by atoms with E-state index >= 15 is 0 Å². The Hall–Kier alpha value is -2.15. The monoisotopic (exact) mass is 380 g/mol. The second-order valence-corrected chi connectivity index (χ2v) is 6.62. The van der Waals surface area contributed by atoms with E-state index in [2.05, 4.69) is 10.3 Å². The van der Waals surface area contributed by atoms with Gasteiger partial charge in [0.2, 0.25) is 0 Å². The molecule has 1 heterocycles. The van der Waals surface area contributed by atoms with Gasteiger partial charge < -0.3 is 15.5 Å². The molecule has 1 fully saturated rings. The van der Waals surface area contributed by atoms with Crippen molar-refractivity contribution < 1.29 is 15.0 Å². The van der Waals surface area contributed by atoms with Crippen molar-refractivity contribution in [1.29, 1.82) is 0 Å². The molecule has 0 aromatic heterocycles. The topological polar surface area (TPSA) is 81.9 Å². The van der Waals surface area contributed by atoms with Gasteiger partial charge in [-0.1, -0.05) is 35.3 Å². The minimum atomic E-state index is -0.315. The number of rotatable bonds is 2. The zero-order chi connectivity index (χ0) is 17.3. The van der Waals surface area contributed by atoms with Crippen molar-refractivity contribution in [2.45, 2.75) is 0 Å². The fourth-order valence-electron chi connectivity index (χ4n) is 1.95. The van der Waals surface area contributed by atoms with Gasteiger partial charge in [0.15, 0.2) is 16.7 Å². The number of carbonyl (C=O) groups is 1. The van der Waals surface area contributed by atoms with Crippen molar-refractivity contribution in [1.82, 2.24) is 5.32 Å². The number of hydrogen-bond donors (Lipinski definition) is 3. The first-order valence-electron chi connectivity index (χ1n) is 6.69. The van der Waals surface area contributed by atoms with Gasteiger partial charge in [-0.3, -0.25) is 4.79 Å². The van der Waals surface area contributed by atoms with Crippen molar-refractivity contribution in [2.75, 3.05) is 0 Å². The maximum absolute atomic E-state index is 12.0.